The van der Waals surface area contributed by atoms with Crippen molar-refractivity contribution >= 4 is 39.4 Å². The lowest BCUT2D eigenvalue weighted by molar-refractivity contribution is -0.148. The number of carbonyl (C=O) groups excluding carboxylic acids is 3. The average molecular weight is 649 g/mol. The molecule has 1 aliphatic rings. The number of fused-ring (bicyclic) bond motifs is 2. The molecule has 2 unspecified atom stereocenters. The van der Waals surface area contributed by atoms with Gasteiger partial charge in [-0.25, -0.2) is 9.97 Å². The van der Waals surface area contributed by atoms with Crippen LogP contribution in [0.15, 0.2) is 122 Å². The van der Waals surface area contributed by atoms with E-state index in [1.54, 1.807) is 28.4 Å². The van der Waals surface area contributed by atoms with Crippen LogP contribution in [0.3, 0.4) is 0 Å². The largest absolute Gasteiger partial charge is 0.368 e. The molecule has 0 saturated carbocycles. The van der Waals surface area contributed by atoms with Crippen LogP contribution < -0.4 is 5.73 Å². The van der Waals surface area contributed by atoms with Gasteiger partial charge in [-0.05, 0) is 70.6 Å². The SMILES string of the molecule is CC1CCN([C@H](Cc2cccc3ccccc23)C(N)=O)C(=O)C(c2cccc(-c3cncnc3)c2)N1C(=O)Cc1ccc2ncccc2c1. The van der Waals surface area contributed by atoms with Crippen LogP contribution in [0.2, 0.25) is 0 Å². The molecular weight excluding hydrogens is 612 g/mol. The molecule has 9 heteroatoms. The summed E-state index contributed by atoms with van der Waals surface area (Å²) in [4.78, 5) is 58.7. The Labute approximate surface area is 284 Å². The second-order valence-electron chi connectivity index (χ2n) is 12.6. The van der Waals surface area contributed by atoms with E-state index in [9.17, 15) is 14.4 Å². The van der Waals surface area contributed by atoms with Crippen LogP contribution in [0.5, 0.6) is 0 Å². The van der Waals surface area contributed by atoms with Gasteiger partial charge >= 0.3 is 0 Å². The first-order valence-electron chi connectivity index (χ1n) is 16.4. The first kappa shape index (κ1) is 31.6. The molecule has 9 nitrogen and oxygen atoms in total. The quantitative estimate of drug-likeness (QED) is 0.227. The normalized spacial score (nSPS) is 17.2. The molecule has 0 aliphatic carbocycles. The van der Waals surface area contributed by atoms with Gasteiger partial charge in [0.15, 0.2) is 0 Å². The summed E-state index contributed by atoms with van der Waals surface area (Å²) in [5.41, 5.74) is 10.9. The maximum atomic E-state index is 15.0. The van der Waals surface area contributed by atoms with E-state index in [0.717, 1.165) is 43.9 Å². The van der Waals surface area contributed by atoms with Gasteiger partial charge < -0.3 is 15.5 Å². The highest BCUT2D eigenvalue weighted by Gasteiger charge is 2.43. The number of hydrogen-bond donors (Lipinski definition) is 1. The van der Waals surface area contributed by atoms with E-state index in [-0.39, 0.29) is 37.2 Å². The van der Waals surface area contributed by atoms with Crippen molar-refractivity contribution in [3.63, 3.8) is 0 Å². The number of nitrogens with two attached hydrogens (primary N) is 1. The summed E-state index contributed by atoms with van der Waals surface area (Å²) in [6, 6.07) is 28.9. The van der Waals surface area contributed by atoms with Crippen molar-refractivity contribution in [1.29, 1.82) is 0 Å². The van der Waals surface area contributed by atoms with Gasteiger partial charge in [0.2, 0.25) is 11.8 Å². The highest BCUT2D eigenvalue weighted by Crippen LogP contribution is 2.34. The van der Waals surface area contributed by atoms with E-state index < -0.39 is 18.0 Å². The van der Waals surface area contributed by atoms with Crippen LogP contribution in [-0.2, 0) is 27.2 Å². The number of rotatable bonds is 8. The number of nitrogens with zero attached hydrogens (tertiary/aromatic N) is 5. The first-order valence-corrected chi connectivity index (χ1v) is 16.4. The molecule has 6 aromatic rings. The third kappa shape index (κ3) is 6.47. The highest BCUT2D eigenvalue weighted by molar-refractivity contribution is 5.95. The second kappa shape index (κ2) is 13.6. The minimum Gasteiger partial charge on any atom is -0.368 e. The van der Waals surface area contributed by atoms with Crippen molar-refractivity contribution in [3.05, 3.63) is 139 Å². The van der Waals surface area contributed by atoms with Crippen LogP contribution in [0.4, 0.5) is 0 Å². The Kier molecular flexibility index (Phi) is 8.81. The van der Waals surface area contributed by atoms with Crippen molar-refractivity contribution < 1.29 is 14.4 Å². The number of aromatic nitrogens is 3. The van der Waals surface area contributed by atoms with Crippen molar-refractivity contribution in [2.75, 3.05) is 6.54 Å². The highest BCUT2D eigenvalue weighted by atomic mass is 16.2. The molecule has 7 rings (SSSR count). The van der Waals surface area contributed by atoms with E-state index in [1.165, 1.54) is 6.33 Å². The second-order valence-corrected chi connectivity index (χ2v) is 12.6. The Morgan fingerprint density at radius 1 is 0.878 bits per heavy atom. The molecule has 4 aromatic carbocycles. The van der Waals surface area contributed by atoms with Gasteiger partial charge in [0.05, 0.1) is 11.9 Å². The standard InChI is InChI=1S/C40H36N6O3/c1-26-16-18-45(36(39(41)48)22-30-10-4-8-28-7-2-3-13-34(28)30)40(49)38(32-11-5-9-29(21-32)33-23-42-25-43-24-33)46(26)37(47)20-27-14-15-35-31(19-27)12-6-17-44-35/h2-15,17,19,21,23-26,36,38H,16,18,20,22H2,1H3,(H2,41,48)/t26?,36-,38?/m1/s1. The summed E-state index contributed by atoms with van der Waals surface area (Å²) in [5.74, 6) is -1.12. The number of amides is 3. The smallest absolute Gasteiger partial charge is 0.250 e. The molecule has 0 spiro atoms. The topological polar surface area (TPSA) is 122 Å². The molecule has 244 valence electrons. The van der Waals surface area contributed by atoms with Crippen LogP contribution in [-0.4, -0.2) is 61.1 Å². The number of hydrogen-bond acceptors (Lipinski definition) is 6. The molecule has 3 atom stereocenters. The fourth-order valence-corrected chi connectivity index (χ4v) is 6.99. The predicted octanol–water partition coefficient (Wildman–Crippen LogP) is 5.67. The molecule has 2 N–H and O–H groups in total. The Hall–Kier alpha value is -5.96. The summed E-state index contributed by atoms with van der Waals surface area (Å²) in [5, 5.41) is 2.98. The molecule has 1 fully saturated rings. The van der Waals surface area contributed by atoms with Crippen LogP contribution >= 0.6 is 0 Å². The Morgan fingerprint density at radius 2 is 1.65 bits per heavy atom. The van der Waals surface area contributed by atoms with Gasteiger partial charge in [0.1, 0.15) is 18.4 Å². The zero-order valence-electron chi connectivity index (χ0n) is 27.1. The average Bonchev–Trinajstić information content (AvgIpc) is 3.26. The minimum atomic E-state index is -0.994. The maximum absolute atomic E-state index is 15.0. The summed E-state index contributed by atoms with van der Waals surface area (Å²) in [6.45, 7) is 2.23. The van der Waals surface area contributed by atoms with E-state index in [0.29, 0.717) is 12.0 Å². The summed E-state index contributed by atoms with van der Waals surface area (Å²) in [6.07, 6.45) is 7.45. The Bertz CT molecular complexity index is 2170. The van der Waals surface area contributed by atoms with Crippen molar-refractivity contribution in [2.45, 2.75) is 44.3 Å². The lowest BCUT2D eigenvalue weighted by Crippen LogP contribution is -2.52. The van der Waals surface area contributed by atoms with Crippen molar-refractivity contribution in [2.24, 2.45) is 5.73 Å². The third-order valence-corrected chi connectivity index (χ3v) is 9.46. The molecule has 1 saturated heterocycles. The number of pyridine rings is 1. The van der Waals surface area contributed by atoms with Crippen molar-refractivity contribution in [1.82, 2.24) is 24.8 Å². The molecule has 3 amide bonds. The monoisotopic (exact) mass is 648 g/mol. The summed E-state index contributed by atoms with van der Waals surface area (Å²) < 4.78 is 0. The fraction of sp³-hybridized carbons (Fsp3) is 0.200. The van der Waals surface area contributed by atoms with Gasteiger partial charge in [-0.1, -0.05) is 72.8 Å². The third-order valence-electron chi connectivity index (χ3n) is 9.46. The lowest BCUT2D eigenvalue weighted by atomic mass is 9.95. The van der Waals surface area contributed by atoms with Gasteiger partial charge in [-0.3, -0.25) is 19.4 Å². The number of benzene rings is 4. The lowest BCUT2D eigenvalue weighted by Gasteiger charge is -2.36. The summed E-state index contributed by atoms with van der Waals surface area (Å²) >= 11 is 0. The number of carbonyl (C=O) groups is 3. The molecular formula is C40H36N6O3. The van der Waals surface area contributed by atoms with E-state index in [1.807, 2.05) is 104 Å². The van der Waals surface area contributed by atoms with E-state index in [4.69, 9.17) is 5.73 Å². The predicted molar refractivity (Wildman–Crippen MR) is 189 cm³/mol. The first-order chi connectivity index (χ1) is 23.9. The molecule has 0 bridgehead atoms. The maximum Gasteiger partial charge on any atom is 0.250 e. The molecule has 1 aliphatic heterocycles. The van der Waals surface area contributed by atoms with Gasteiger partial charge in [-0.2, -0.15) is 0 Å². The number of primary amides is 1. The minimum absolute atomic E-state index is 0.0976. The van der Waals surface area contributed by atoms with Crippen molar-refractivity contribution in [3.8, 4) is 11.1 Å². The Morgan fingerprint density at radius 3 is 2.49 bits per heavy atom. The van der Waals surface area contributed by atoms with Gasteiger partial charge in [0.25, 0.3) is 5.91 Å². The van der Waals surface area contributed by atoms with Crippen LogP contribution in [0, 0.1) is 0 Å². The van der Waals surface area contributed by atoms with E-state index >= 15 is 0 Å². The molecule has 0 radical (unpaired) electrons. The van der Waals surface area contributed by atoms with E-state index in [2.05, 4.69) is 15.0 Å². The Balaban J connectivity index is 1.29. The zero-order valence-corrected chi connectivity index (χ0v) is 27.1. The molecule has 49 heavy (non-hydrogen) atoms. The summed E-state index contributed by atoms with van der Waals surface area (Å²) in [7, 11) is 0. The van der Waals surface area contributed by atoms with Crippen LogP contribution in [0.25, 0.3) is 32.8 Å². The zero-order chi connectivity index (χ0) is 33.9. The molecule has 3 heterocycles. The molecule has 2 aromatic heterocycles. The van der Waals surface area contributed by atoms with Gasteiger partial charge in [-0.15, -0.1) is 0 Å². The fourth-order valence-electron chi connectivity index (χ4n) is 6.99. The van der Waals surface area contributed by atoms with Gasteiger partial charge in [0, 0.05) is 48.5 Å². The van der Waals surface area contributed by atoms with Crippen LogP contribution in [0.1, 0.15) is 36.1 Å².